The number of aryl methyl sites for hydroxylation is 1. The summed E-state index contributed by atoms with van der Waals surface area (Å²) in [5.41, 5.74) is 2.34. The summed E-state index contributed by atoms with van der Waals surface area (Å²) in [6, 6.07) is 5.64. The minimum absolute atomic E-state index is 0.273. The molecule has 0 saturated heterocycles. The number of aromatic nitrogens is 2. The fourth-order valence-electron chi connectivity index (χ4n) is 1.85. The first-order valence-electron chi connectivity index (χ1n) is 6.50. The predicted octanol–water partition coefficient (Wildman–Crippen LogP) is 3.90. The number of allylic oxidation sites excluding steroid dienone is 4. The average molecular weight is 297 g/mol. The van der Waals surface area contributed by atoms with Gasteiger partial charge in [-0.15, -0.1) is 4.91 Å². The van der Waals surface area contributed by atoms with Crippen molar-refractivity contribution in [2.24, 2.45) is 5.18 Å². The van der Waals surface area contributed by atoms with Crippen molar-refractivity contribution >= 4 is 5.57 Å². The Bertz CT molecular complexity index is 745. The molecule has 6 nitrogen and oxygen atoms in total. The molecule has 6 heteroatoms. The van der Waals surface area contributed by atoms with Gasteiger partial charge >= 0.3 is 0 Å². The molecule has 1 heterocycles. The van der Waals surface area contributed by atoms with Crippen molar-refractivity contribution in [3.05, 3.63) is 65.6 Å². The van der Waals surface area contributed by atoms with Crippen molar-refractivity contribution < 1.29 is 9.26 Å². The van der Waals surface area contributed by atoms with E-state index in [9.17, 15) is 4.91 Å². The molecule has 0 aliphatic carbocycles. The molecule has 0 spiro atoms. The van der Waals surface area contributed by atoms with Gasteiger partial charge in [-0.1, -0.05) is 29.9 Å². The standard InChI is InChI=1S/C16H15N3O3/c1-4-5-12(8-9-17-20)16-18-15(19-22-16)13-7-6-11(2)14(10-13)21-3/h4-10H,1H2,2-3H3/b9-8-,12-5+. The van der Waals surface area contributed by atoms with E-state index in [-0.39, 0.29) is 5.89 Å². The van der Waals surface area contributed by atoms with Crippen LogP contribution in [0.4, 0.5) is 0 Å². The lowest BCUT2D eigenvalue weighted by Gasteiger charge is -2.04. The third kappa shape index (κ3) is 3.35. The Kier molecular flexibility index (Phi) is 4.98. The van der Waals surface area contributed by atoms with E-state index >= 15 is 0 Å². The molecule has 0 N–H and O–H groups in total. The first-order chi connectivity index (χ1) is 10.7. The highest BCUT2D eigenvalue weighted by Gasteiger charge is 2.12. The van der Waals surface area contributed by atoms with E-state index in [0.717, 1.165) is 23.1 Å². The van der Waals surface area contributed by atoms with Crippen LogP contribution in [-0.4, -0.2) is 17.3 Å². The zero-order chi connectivity index (χ0) is 15.9. The maximum absolute atomic E-state index is 10.2. The molecule has 0 amide bonds. The first kappa shape index (κ1) is 15.4. The van der Waals surface area contributed by atoms with E-state index in [0.29, 0.717) is 11.4 Å². The highest BCUT2D eigenvalue weighted by molar-refractivity contribution is 5.71. The van der Waals surface area contributed by atoms with Crippen LogP contribution in [0.15, 0.2) is 58.9 Å². The van der Waals surface area contributed by atoms with E-state index in [1.165, 1.54) is 6.08 Å². The fourth-order valence-corrected chi connectivity index (χ4v) is 1.85. The summed E-state index contributed by atoms with van der Waals surface area (Å²) in [7, 11) is 1.61. The third-order valence-corrected chi connectivity index (χ3v) is 2.95. The Balaban J connectivity index is 2.38. The zero-order valence-electron chi connectivity index (χ0n) is 12.3. The van der Waals surface area contributed by atoms with Gasteiger partial charge in [-0.05, 0) is 35.9 Å². The highest BCUT2D eigenvalue weighted by Crippen LogP contribution is 2.26. The predicted molar refractivity (Wildman–Crippen MR) is 84.1 cm³/mol. The van der Waals surface area contributed by atoms with Gasteiger partial charge in [-0.25, -0.2) is 0 Å². The Labute approximate surface area is 127 Å². The minimum Gasteiger partial charge on any atom is -0.496 e. The van der Waals surface area contributed by atoms with Crippen LogP contribution in [0.1, 0.15) is 11.5 Å². The highest BCUT2D eigenvalue weighted by atomic mass is 16.5. The summed E-state index contributed by atoms with van der Waals surface area (Å²) in [4.78, 5) is 14.5. The number of nitrogens with zero attached hydrogens (tertiary/aromatic N) is 3. The maximum atomic E-state index is 10.2. The molecule has 112 valence electrons. The van der Waals surface area contributed by atoms with Crippen LogP contribution in [-0.2, 0) is 0 Å². The first-order valence-corrected chi connectivity index (χ1v) is 6.50. The van der Waals surface area contributed by atoms with Crippen LogP contribution >= 0.6 is 0 Å². The number of hydrogen-bond acceptors (Lipinski definition) is 6. The fraction of sp³-hybridized carbons (Fsp3) is 0.125. The van der Waals surface area contributed by atoms with Gasteiger partial charge in [0.1, 0.15) is 5.75 Å². The molecular formula is C16H15N3O3. The second-order valence-corrected chi connectivity index (χ2v) is 4.39. The van der Waals surface area contributed by atoms with Crippen LogP contribution in [0.2, 0.25) is 0 Å². The van der Waals surface area contributed by atoms with Crippen LogP contribution < -0.4 is 4.74 Å². The van der Waals surface area contributed by atoms with Gasteiger partial charge in [-0.3, -0.25) is 0 Å². The molecule has 2 aromatic rings. The molecule has 0 saturated carbocycles. The summed E-state index contributed by atoms with van der Waals surface area (Å²) >= 11 is 0. The van der Waals surface area contributed by atoms with Crippen LogP contribution in [0.25, 0.3) is 17.0 Å². The minimum atomic E-state index is 0.273. The average Bonchev–Trinajstić information content (AvgIpc) is 3.01. The molecule has 0 aliphatic rings. The second kappa shape index (κ2) is 7.12. The van der Waals surface area contributed by atoms with E-state index in [1.807, 2.05) is 25.1 Å². The van der Waals surface area contributed by atoms with Crippen molar-refractivity contribution in [3.8, 4) is 17.1 Å². The van der Waals surface area contributed by atoms with Gasteiger partial charge in [0.05, 0.1) is 13.3 Å². The number of rotatable bonds is 6. The van der Waals surface area contributed by atoms with Gasteiger partial charge < -0.3 is 9.26 Å². The largest absolute Gasteiger partial charge is 0.496 e. The summed E-state index contributed by atoms with van der Waals surface area (Å²) in [6.45, 7) is 5.56. The van der Waals surface area contributed by atoms with E-state index in [1.54, 1.807) is 19.3 Å². The molecule has 22 heavy (non-hydrogen) atoms. The molecule has 1 aromatic carbocycles. The molecular weight excluding hydrogens is 282 g/mol. The quantitative estimate of drug-likeness (QED) is 0.597. The van der Waals surface area contributed by atoms with Gasteiger partial charge in [0.25, 0.3) is 5.89 Å². The van der Waals surface area contributed by atoms with Crippen molar-refractivity contribution in [2.75, 3.05) is 7.11 Å². The number of ether oxygens (including phenoxy) is 1. The van der Waals surface area contributed by atoms with Crippen molar-refractivity contribution in [2.45, 2.75) is 6.92 Å². The Morgan fingerprint density at radius 1 is 1.45 bits per heavy atom. The van der Waals surface area contributed by atoms with Crippen LogP contribution in [0.3, 0.4) is 0 Å². The van der Waals surface area contributed by atoms with Crippen molar-refractivity contribution in [1.82, 2.24) is 10.1 Å². The van der Waals surface area contributed by atoms with E-state index < -0.39 is 0 Å². The molecule has 0 bridgehead atoms. The lowest BCUT2D eigenvalue weighted by Crippen LogP contribution is -1.89. The van der Waals surface area contributed by atoms with Crippen LogP contribution in [0, 0.1) is 11.8 Å². The van der Waals surface area contributed by atoms with Gasteiger partial charge in [0.2, 0.25) is 5.82 Å². The monoisotopic (exact) mass is 297 g/mol. The lowest BCUT2D eigenvalue weighted by molar-refractivity contribution is 0.408. The van der Waals surface area contributed by atoms with Crippen molar-refractivity contribution in [1.29, 1.82) is 0 Å². The molecule has 1 aromatic heterocycles. The van der Waals surface area contributed by atoms with Gasteiger partial charge in [0.15, 0.2) is 0 Å². The number of nitroso groups, excluding NO2 is 1. The number of hydrogen-bond donors (Lipinski definition) is 0. The van der Waals surface area contributed by atoms with E-state index in [2.05, 4.69) is 21.9 Å². The zero-order valence-corrected chi connectivity index (χ0v) is 12.3. The topological polar surface area (TPSA) is 77.6 Å². The Hall–Kier alpha value is -3.02. The van der Waals surface area contributed by atoms with Crippen LogP contribution in [0.5, 0.6) is 5.75 Å². The molecule has 0 radical (unpaired) electrons. The smallest absolute Gasteiger partial charge is 0.258 e. The molecule has 0 atom stereocenters. The number of benzene rings is 1. The summed E-state index contributed by atoms with van der Waals surface area (Å²) in [5, 5.41) is 6.61. The summed E-state index contributed by atoms with van der Waals surface area (Å²) in [5.74, 6) is 1.45. The molecule has 0 fully saturated rings. The summed E-state index contributed by atoms with van der Waals surface area (Å²) in [6.07, 6.45) is 5.79. The second-order valence-electron chi connectivity index (χ2n) is 4.39. The van der Waals surface area contributed by atoms with Crippen molar-refractivity contribution in [3.63, 3.8) is 0 Å². The summed E-state index contributed by atoms with van der Waals surface area (Å²) < 4.78 is 10.5. The SMILES string of the molecule is C=C/C=C(\C=C/N=O)c1nc(-c2ccc(C)c(OC)c2)no1. The maximum Gasteiger partial charge on any atom is 0.258 e. The van der Waals surface area contributed by atoms with Gasteiger partial charge in [-0.2, -0.15) is 4.98 Å². The molecule has 0 unspecified atom stereocenters. The van der Waals surface area contributed by atoms with E-state index in [4.69, 9.17) is 9.26 Å². The Morgan fingerprint density at radius 3 is 2.95 bits per heavy atom. The number of methoxy groups -OCH3 is 1. The van der Waals surface area contributed by atoms with Gasteiger partial charge in [0, 0.05) is 11.1 Å². The lowest BCUT2D eigenvalue weighted by atomic mass is 10.1. The third-order valence-electron chi connectivity index (χ3n) is 2.95. The molecule has 2 rings (SSSR count). The molecule has 0 aliphatic heterocycles. The normalized spacial score (nSPS) is 11.6. The Morgan fingerprint density at radius 2 is 2.27 bits per heavy atom.